The van der Waals surface area contributed by atoms with Crippen molar-refractivity contribution in [3.8, 4) is 0 Å². The van der Waals surface area contributed by atoms with Crippen molar-refractivity contribution in [3.05, 3.63) is 23.8 Å². The fourth-order valence-corrected chi connectivity index (χ4v) is 1.46. The van der Waals surface area contributed by atoms with Crippen LogP contribution in [0.2, 0.25) is 0 Å². The molecule has 14 heavy (non-hydrogen) atoms. The van der Waals surface area contributed by atoms with E-state index in [1.807, 2.05) is 25.2 Å². The summed E-state index contributed by atoms with van der Waals surface area (Å²) in [6, 6.07) is 5.78. The first kappa shape index (κ1) is 8.68. The molecule has 0 unspecified atom stereocenters. The monoisotopic (exact) mass is 189 g/mol. The van der Waals surface area contributed by atoms with E-state index in [2.05, 4.69) is 10.3 Å². The number of hydrogen-bond acceptors (Lipinski definition) is 3. The van der Waals surface area contributed by atoms with Crippen molar-refractivity contribution >= 4 is 16.9 Å². The van der Waals surface area contributed by atoms with Gasteiger partial charge in [0, 0.05) is 13.5 Å². The summed E-state index contributed by atoms with van der Waals surface area (Å²) in [5.41, 5.74) is 8.08. The molecule has 0 atom stereocenters. The number of amidine groups is 1. The van der Waals surface area contributed by atoms with E-state index in [1.54, 1.807) is 4.68 Å². The zero-order valence-corrected chi connectivity index (χ0v) is 7.86. The lowest BCUT2D eigenvalue weighted by Crippen LogP contribution is -2.12. The Kier molecular flexibility index (Phi) is 1.92. The van der Waals surface area contributed by atoms with Crippen LogP contribution < -0.4 is 5.73 Å². The lowest BCUT2D eigenvalue weighted by molar-refractivity contribution is 0.736. The fraction of sp³-hybridized carbons (Fsp3) is 0.222. The summed E-state index contributed by atoms with van der Waals surface area (Å²) in [4.78, 5) is 0. The standard InChI is InChI=1S/C9H11N5/c1-14-7-4-2-3-6(5-8(10)11)9(7)12-13-14/h2-4H,5H2,1H3,(H3,10,11). The van der Waals surface area contributed by atoms with Gasteiger partial charge in [-0.2, -0.15) is 0 Å². The van der Waals surface area contributed by atoms with Gasteiger partial charge in [-0.25, -0.2) is 4.68 Å². The van der Waals surface area contributed by atoms with Gasteiger partial charge in [-0.15, -0.1) is 5.10 Å². The summed E-state index contributed by atoms with van der Waals surface area (Å²) in [7, 11) is 1.84. The van der Waals surface area contributed by atoms with Crippen LogP contribution in [-0.2, 0) is 13.5 Å². The predicted molar refractivity (Wildman–Crippen MR) is 54.1 cm³/mol. The summed E-state index contributed by atoms with van der Waals surface area (Å²) in [5, 5.41) is 15.2. The lowest BCUT2D eigenvalue weighted by Gasteiger charge is -1.99. The number of nitrogens with two attached hydrogens (primary N) is 1. The molecule has 0 aliphatic heterocycles. The summed E-state index contributed by atoms with van der Waals surface area (Å²) in [5.74, 6) is 0.142. The zero-order valence-electron chi connectivity index (χ0n) is 7.86. The van der Waals surface area contributed by atoms with Gasteiger partial charge >= 0.3 is 0 Å². The minimum absolute atomic E-state index is 0.142. The highest BCUT2D eigenvalue weighted by Gasteiger charge is 2.06. The van der Waals surface area contributed by atoms with Crippen molar-refractivity contribution in [3.63, 3.8) is 0 Å². The van der Waals surface area contributed by atoms with Gasteiger partial charge in [0.05, 0.1) is 11.4 Å². The molecule has 3 N–H and O–H groups in total. The normalized spacial score (nSPS) is 10.6. The molecule has 1 aromatic carbocycles. The Morgan fingerprint density at radius 3 is 3.07 bits per heavy atom. The van der Waals surface area contributed by atoms with Gasteiger partial charge in [0.25, 0.3) is 0 Å². The van der Waals surface area contributed by atoms with Gasteiger partial charge < -0.3 is 5.73 Å². The Hall–Kier alpha value is -1.91. The van der Waals surface area contributed by atoms with Gasteiger partial charge in [-0.3, -0.25) is 5.41 Å². The molecular weight excluding hydrogens is 178 g/mol. The Bertz CT molecular complexity index is 485. The Balaban J connectivity index is 2.59. The second kappa shape index (κ2) is 3.10. The molecule has 5 heteroatoms. The van der Waals surface area contributed by atoms with E-state index in [1.165, 1.54) is 0 Å². The first-order valence-electron chi connectivity index (χ1n) is 4.28. The van der Waals surface area contributed by atoms with E-state index in [4.69, 9.17) is 11.1 Å². The third-order valence-corrected chi connectivity index (χ3v) is 2.11. The number of fused-ring (bicyclic) bond motifs is 1. The van der Waals surface area contributed by atoms with Gasteiger partial charge in [0.15, 0.2) is 0 Å². The second-order valence-electron chi connectivity index (χ2n) is 3.20. The number of nitrogens with zero attached hydrogens (tertiary/aromatic N) is 3. The van der Waals surface area contributed by atoms with Crippen molar-refractivity contribution in [2.24, 2.45) is 12.8 Å². The number of nitrogens with one attached hydrogen (secondary N) is 1. The summed E-state index contributed by atoms with van der Waals surface area (Å²) in [6.07, 6.45) is 0.427. The van der Waals surface area contributed by atoms with E-state index in [0.29, 0.717) is 6.42 Å². The van der Waals surface area contributed by atoms with E-state index < -0.39 is 0 Å². The first-order valence-corrected chi connectivity index (χ1v) is 4.28. The molecular formula is C9H11N5. The lowest BCUT2D eigenvalue weighted by atomic mass is 10.1. The Labute approximate surface area is 81.0 Å². The minimum atomic E-state index is 0.142. The molecule has 0 aliphatic carbocycles. The molecule has 0 bridgehead atoms. The van der Waals surface area contributed by atoms with Crippen molar-refractivity contribution in [1.29, 1.82) is 5.41 Å². The molecule has 0 aliphatic rings. The third kappa shape index (κ3) is 1.32. The zero-order chi connectivity index (χ0) is 10.1. The van der Waals surface area contributed by atoms with Crippen molar-refractivity contribution in [1.82, 2.24) is 15.0 Å². The Morgan fingerprint density at radius 1 is 1.57 bits per heavy atom. The highest BCUT2D eigenvalue weighted by atomic mass is 15.4. The number of hydrogen-bond donors (Lipinski definition) is 2. The number of aryl methyl sites for hydroxylation is 1. The number of benzene rings is 1. The smallest absolute Gasteiger partial charge is 0.116 e. The van der Waals surface area contributed by atoms with Crippen LogP contribution in [0.1, 0.15) is 5.56 Å². The molecule has 1 heterocycles. The molecule has 0 fully saturated rings. The third-order valence-electron chi connectivity index (χ3n) is 2.11. The molecule has 0 saturated carbocycles. The molecule has 1 aromatic heterocycles. The number of rotatable bonds is 2. The van der Waals surface area contributed by atoms with E-state index in [0.717, 1.165) is 16.6 Å². The molecule has 72 valence electrons. The summed E-state index contributed by atoms with van der Waals surface area (Å²) >= 11 is 0. The van der Waals surface area contributed by atoms with E-state index in [9.17, 15) is 0 Å². The SMILES string of the molecule is Cn1nnc2c(CC(=N)N)cccc21. The topological polar surface area (TPSA) is 80.6 Å². The maximum Gasteiger partial charge on any atom is 0.116 e. The molecule has 0 amide bonds. The van der Waals surface area contributed by atoms with Gasteiger partial charge in [0.2, 0.25) is 0 Å². The van der Waals surface area contributed by atoms with Gasteiger partial charge in [-0.1, -0.05) is 17.3 Å². The summed E-state index contributed by atoms with van der Waals surface area (Å²) in [6.45, 7) is 0. The number of aromatic nitrogens is 3. The second-order valence-corrected chi connectivity index (χ2v) is 3.20. The van der Waals surface area contributed by atoms with Crippen molar-refractivity contribution in [2.75, 3.05) is 0 Å². The van der Waals surface area contributed by atoms with Crippen LogP contribution in [0.5, 0.6) is 0 Å². The molecule has 2 aromatic rings. The van der Waals surface area contributed by atoms with Gasteiger partial charge in [-0.05, 0) is 11.6 Å². The van der Waals surface area contributed by atoms with Crippen LogP contribution in [0, 0.1) is 5.41 Å². The van der Waals surface area contributed by atoms with Crippen LogP contribution >= 0.6 is 0 Å². The molecule has 2 rings (SSSR count). The van der Waals surface area contributed by atoms with Crippen LogP contribution in [0.4, 0.5) is 0 Å². The average Bonchev–Trinajstić information content (AvgIpc) is 2.49. The van der Waals surface area contributed by atoms with Crippen LogP contribution in [0.25, 0.3) is 11.0 Å². The highest BCUT2D eigenvalue weighted by Crippen LogP contribution is 2.15. The molecule has 5 nitrogen and oxygen atoms in total. The van der Waals surface area contributed by atoms with Gasteiger partial charge in [0.1, 0.15) is 5.52 Å². The molecule has 0 spiro atoms. The van der Waals surface area contributed by atoms with Crippen LogP contribution in [0.15, 0.2) is 18.2 Å². The van der Waals surface area contributed by atoms with Crippen molar-refractivity contribution < 1.29 is 0 Å². The first-order chi connectivity index (χ1) is 6.68. The molecule has 0 radical (unpaired) electrons. The predicted octanol–water partition coefficient (Wildman–Crippen LogP) is 0.447. The fourth-order valence-electron chi connectivity index (χ4n) is 1.46. The average molecular weight is 189 g/mol. The molecule has 0 saturated heterocycles. The van der Waals surface area contributed by atoms with E-state index >= 15 is 0 Å². The quantitative estimate of drug-likeness (QED) is 0.531. The minimum Gasteiger partial charge on any atom is -0.387 e. The Morgan fingerprint density at radius 2 is 2.36 bits per heavy atom. The largest absolute Gasteiger partial charge is 0.387 e. The summed E-state index contributed by atoms with van der Waals surface area (Å²) < 4.78 is 1.71. The van der Waals surface area contributed by atoms with E-state index in [-0.39, 0.29) is 5.84 Å². The maximum absolute atomic E-state index is 7.24. The van der Waals surface area contributed by atoms with Crippen LogP contribution in [-0.4, -0.2) is 20.8 Å². The van der Waals surface area contributed by atoms with Crippen molar-refractivity contribution in [2.45, 2.75) is 6.42 Å². The maximum atomic E-state index is 7.24. The van der Waals surface area contributed by atoms with Crippen LogP contribution in [0.3, 0.4) is 0 Å². The highest BCUT2D eigenvalue weighted by molar-refractivity contribution is 5.86.